The number of hydrogen-bond acceptors (Lipinski definition) is 3. The third kappa shape index (κ3) is 4.14. The minimum atomic E-state index is -0.230. The van der Waals surface area contributed by atoms with E-state index < -0.39 is 0 Å². The molecule has 1 aliphatic heterocycles. The van der Waals surface area contributed by atoms with Gasteiger partial charge in [0.05, 0.1) is 0 Å². The highest BCUT2D eigenvalue weighted by atomic mass is 35.5. The van der Waals surface area contributed by atoms with Crippen molar-refractivity contribution >= 4 is 29.1 Å². The maximum Gasteiger partial charge on any atom is 0.343 e. The first-order valence-corrected chi connectivity index (χ1v) is 11.2. The third-order valence-corrected chi connectivity index (χ3v) is 6.66. The summed E-state index contributed by atoms with van der Waals surface area (Å²) in [6, 6.07) is 13.2. The van der Waals surface area contributed by atoms with E-state index in [9.17, 15) is 9.59 Å². The Kier molecular flexibility index (Phi) is 5.36. The fraction of sp³-hybridized carbons (Fsp3) is 0.348. The van der Waals surface area contributed by atoms with Crippen LogP contribution in [0.15, 0.2) is 47.3 Å². The van der Waals surface area contributed by atoms with E-state index in [4.69, 9.17) is 23.2 Å². The molecule has 6 nitrogen and oxygen atoms in total. The van der Waals surface area contributed by atoms with Crippen LogP contribution in [0.1, 0.15) is 19.3 Å². The third-order valence-electron chi connectivity index (χ3n) is 6.11. The molecule has 1 aliphatic carbocycles. The van der Waals surface area contributed by atoms with Gasteiger partial charge in [-0.3, -0.25) is 9.36 Å². The lowest BCUT2D eigenvalue weighted by Gasteiger charge is -2.16. The van der Waals surface area contributed by atoms with Gasteiger partial charge in [0.1, 0.15) is 0 Å². The zero-order chi connectivity index (χ0) is 21.5. The highest BCUT2D eigenvalue weighted by Crippen LogP contribution is 2.34. The number of aromatic amines is 1. The van der Waals surface area contributed by atoms with Crippen LogP contribution in [0.25, 0.3) is 22.5 Å². The Hall–Kier alpha value is -2.57. The van der Waals surface area contributed by atoms with E-state index >= 15 is 0 Å². The van der Waals surface area contributed by atoms with Crippen molar-refractivity contribution in [2.45, 2.75) is 25.8 Å². The molecule has 0 radical (unpaired) electrons. The summed E-state index contributed by atoms with van der Waals surface area (Å²) in [5.41, 5.74) is 2.46. The summed E-state index contributed by atoms with van der Waals surface area (Å²) in [6.07, 6.45) is 2.94. The van der Waals surface area contributed by atoms with Crippen LogP contribution in [0.2, 0.25) is 10.0 Å². The molecule has 2 aromatic carbocycles. The number of halogens is 2. The van der Waals surface area contributed by atoms with Gasteiger partial charge >= 0.3 is 5.69 Å². The van der Waals surface area contributed by atoms with Crippen LogP contribution < -0.4 is 5.69 Å². The number of nitrogens with one attached hydrogen (secondary N) is 1. The van der Waals surface area contributed by atoms with Crippen molar-refractivity contribution in [1.29, 1.82) is 0 Å². The maximum absolute atomic E-state index is 12.4. The summed E-state index contributed by atoms with van der Waals surface area (Å²) in [7, 11) is 0. The van der Waals surface area contributed by atoms with Crippen molar-refractivity contribution < 1.29 is 4.79 Å². The molecule has 2 aliphatic rings. The number of carbonyl (C=O) groups excluding carboxylic acids is 1. The van der Waals surface area contributed by atoms with Crippen LogP contribution >= 0.6 is 23.2 Å². The van der Waals surface area contributed by atoms with Crippen LogP contribution in [-0.4, -0.2) is 38.7 Å². The number of H-pyrrole nitrogens is 1. The largest absolute Gasteiger partial charge is 0.343 e. The van der Waals surface area contributed by atoms with Gasteiger partial charge in [-0.05, 0) is 42.9 Å². The number of nitrogens with zero attached hydrogens (tertiary/aromatic N) is 3. The van der Waals surface area contributed by atoms with Gasteiger partial charge < -0.3 is 4.90 Å². The summed E-state index contributed by atoms with van der Waals surface area (Å²) in [4.78, 5) is 26.7. The topological polar surface area (TPSA) is 71.0 Å². The lowest BCUT2D eigenvalue weighted by atomic mass is 10.0. The van der Waals surface area contributed by atoms with Crippen LogP contribution in [0.5, 0.6) is 0 Å². The van der Waals surface area contributed by atoms with Crippen molar-refractivity contribution in [2.24, 2.45) is 11.8 Å². The average molecular weight is 457 g/mol. The molecule has 1 saturated carbocycles. The van der Waals surface area contributed by atoms with E-state index in [1.807, 2.05) is 35.2 Å². The van der Waals surface area contributed by atoms with Gasteiger partial charge in [-0.2, -0.15) is 5.10 Å². The molecule has 0 unspecified atom stereocenters. The Balaban J connectivity index is 1.35. The fourth-order valence-electron chi connectivity index (χ4n) is 4.26. The molecule has 2 fully saturated rings. The molecule has 1 amide bonds. The summed E-state index contributed by atoms with van der Waals surface area (Å²) >= 11 is 12.3. The summed E-state index contributed by atoms with van der Waals surface area (Å²) in [5, 5.41) is 8.01. The number of rotatable bonds is 5. The lowest BCUT2D eigenvalue weighted by molar-refractivity contribution is -0.131. The van der Waals surface area contributed by atoms with E-state index in [1.165, 1.54) is 0 Å². The van der Waals surface area contributed by atoms with Crippen LogP contribution in [0.3, 0.4) is 0 Å². The van der Waals surface area contributed by atoms with Crippen molar-refractivity contribution in [1.82, 2.24) is 19.7 Å². The zero-order valence-electron chi connectivity index (χ0n) is 16.9. The van der Waals surface area contributed by atoms with E-state index in [1.54, 1.807) is 16.7 Å². The summed E-state index contributed by atoms with van der Waals surface area (Å²) in [5.74, 6) is 1.37. The van der Waals surface area contributed by atoms with Gasteiger partial charge in [0.25, 0.3) is 0 Å². The molecule has 1 atom stereocenters. The van der Waals surface area contributed by atoms with E-state index in [-0.39, 0.29) is 23.4 Å². The first kappa shape index (κ1) is 20.3. The number of likely N-dealkylation sites (tertiary alicyclic amines) is 1. The number of amides is 1. The van der Waals surface area contributed by atoms with Gasteiger partial charge in [0.2, 0.25) is 5.91 Å². The molecular weight excluding hydrogens is 435 g/mol. The molecule has 5 rings (SSSR count). The second kappa shape index (κ2) is 8.17. The smallest absolute Gasteiger partial charge is 0.342 e. The highest BCUT2D eigenvalue weighted by molar-refractivity contribution is 6.36. The first-order chi connectivity index (χ1) is 15.0. The second-order valence-electron chi connectivity index (χ2n) is 8.38. The number of benzene rings is 2. The Bertz CT molecular complexity index is 1180. The van der Waals surface area contributed by atoms with Gasteiger partial charge in [-0.1, -0.05) is 53.5 Å². The fourth-order valence-corrected chi connectivity index (χ4v) is 4.78. The van der Waals surface area contributed by atoms with Crippen molar-refractivity contribution in [3.63, 3.8) is 0 Å². The average Bonchev–Trinajstić information content (AvgIpc) is 3.41. The van der Waals surface area contributed by atoms with Crippen molar-refractivity contribution in [3.05, 3.63) is 63.0 Å². The molecule has 31 heavy (non-hydrogen) atoms. The molecule has 3 aromatic rings. The quantitative estimate of drug-likeness (QED) is 0.615. The van der Waals surface area contributed by atoms with E-state index in [0.29, 0.717) is 29.0 Å². The van der Waals surface area contributed by atoms with Crippen molar-refractivity contribution in [2.75, 3.05) is 13.1 Å². The maximum atomic E-state index is 12.4. The zero-order valence-corrected chi connectivity index (χ0v) is 18.4. The predicted octanol–water partition coefficient (Wildman–Crippen LogP) is 4.47. The Labute approximate surface area is 189 Å². The minimum absolute atomic E-state index is 0.230. The molecule has 1 aromatic heterocycles. The summed E-state index contributed by atoms with van der Waals surface area (Å²) in [6.45, 7) is 2.03. The van der Waals surface area contributed by atoms with Gasteiger partial charge in [-0.25, -0.2) is 9.89 Å². The second-order valence-corrected chi connectivity index (χ2v) is 9.22. The number of carbonyl (C=O) groups is 1. The van der Waals surface area contributed by atoms with E-state index in [0.717, 1.165) is 42.5 Å². The molecule has 0 bridgehead atoms. The lowest BCUT2D eigenvalue weighted by Crippen LogP contribution is -2.31. The van der Waals surface area contributed by atoms with Crippen LogP contribution in [0.4, 0.5) is 0 Å². The van der Waals surface area contributed by atoms with Crippen LogP contribution in [-0.2, 0) is 11.3 Å². The Morgan fingerprint density at radius 1 is 1.06 bits per heavy atom. The monoisotopic (exact) mass is 456 g/mol. The molecule has 8 heteroatoms. The molecular formula is C23H22Cl2N4O2. The predicted molar refractivity (Wildman–Crippen MR) is 121 cm³/mol. The Morgan fingerprint density at radius 3 is 2.52 bits per heavy atom. The molecule has 160 valence electrons. The van der Waals surface area contributed by atoms with Gasteiger partial charge in [0.15, 0.2) is 5.82 Å². The minimum Gasteiger partial charge on any atom is -0.342 e. The highest BCUT2D eigenvalue weighted by Gasteiger charge is 2.36. The molecule has 0 spiro atoms. The van der Waals surface area contributed by atoms with E-state index in [2.05, 4.69) is 10.2 Å². The molecule has 2 heterocycles. The number of hydrogen-bond donors (Lipinski definition) is 1. The van der Waals surface area contributed by atoms with Gasteiger partial charge in [-0.15, -0.1) is 0 Å². The number of aromatic nitrogens is 3. The van der Waals surface area contributed by atoms with Crippen molar-refractivity contribution in [3.8, 4) is 22.5 Å². The van der Waals surface area contributed by atoms with Gasteiger partial charge in [0, 0.05) is 46.7 Å². The summed E-state index contributed by atoms with van der Waals surface area (Å²) < 4.78 is 1.68. The molecule has 1 N–H and O–H groups in total. The SMILES string of the molecule is O=C(C1CC1)N1CC[C@@H](Cn2c(-c3ccc(-c4ccc(Cl)cc4Cl)cc3)n[nH]c2=O)C1. The van der Waals surface area contributed by atoms with Crippen LogP contribution in [0, 0.1) is 11.8 Å². The molecule has 1 saturated heterocycles. The standard InChI is InChI=1S/C23H22Cl2N4O2/c24-18-7-8-19(20(25)11-18)15-1-3-16(4-2-15)21-26-27-23(31)29(21)13-14-9-10-28(12-14)22(30)17-5-6-17/h1-4,7-8,11,14,17H,5-6,9-10,12-13H2,(H,27,31)/t14-/m1/s1. The normalized spacial score (nSPS) is 18.5. The first-order valence-electron chi connectivity index (χ1n) is 10.5. The Morgan fingerprint density at radius 2 is 1.81 bits per heavy atom.